The number of hydrogen-bond donors (Lipinski definition) is 2. The number of hydrogen-bond acceptors (Lipinski definition) is 4. The van der Waals surface area contributed by atoms with E-state index in [1.54, 1.807) is 14.2 Å². The lowest BCUT2D eigenvalue weighted by molar-refractivity contribution is 0.146. The molecule has 0 aliphatic heterocycles. The number of halogens is 1. The summed E-state index contributed by atoms with van der Waals surface area (Å²) >= 11 is 0. The molecule has 2 N–H and O–H groups in total. The highest BCUT2D eigenvalue weighted by Crippen LogP contribution is 2.16. The molecule has 2 aromatic carbocycles. The highest BCUT2D eigenvalue weighted by Gasteiger charge is 2.03. The van der Waals surface area contributed by atoms with Crippen molar-refractivity contribution in [1.29, 1.82) is 0 Å². The van der Waals surface area contributed by atoms with Crippen LogP contribution in [-0.4, -0.2) is 39.9 Å². The summed E-state index contributed by atoms with van der Waals surface area (Å²) < 4.78 is 16.0. The third-order valence-electron chi connectivity index (χ3n) is 3.88. The van der Waals surface area contributed by atoms with Gasteiger partial charge in [0.1, 0.15) is 18.1 Å². The summed E-state index contributed by atoms with van der Waals surface area (Å²) in [5, 5.41) is 6.61. The minimum Gasteiger partial charge on any atom is -0.496 e. The van der Waals surface area contributed by atoms with Gasteiger partial charge >= 0.3 is 0 Å². The summed E-state index contributed by atoms with van der Waals surface area (Å²) in [6.07, 6.45) is 0. The third kappa shape index (κ3) is 8.35. The normalized spacial score (nSPS) is 10.8. The molecule has 0 saturated carbocycles. The van der Waals surface area contributed by atoms with Crippen LogP contribution in [0.3, 0.4) is 0 Å². The van der Waals surface area contributed by atoms with Crippen LogP contribution in [0.5, 0.6) is 11.5 Å². The number of nitrogens with one attached hydrogen (secondary N) is 2. The predicted octanol–water partition coefficient (Wildman–Crippen LogP) is 3.59. The van der Waals surface area contributed by atoms with Gasteiger partial charge in [-0.25, -0.2) is 4.99 Å². The molecule has 0 aromatic heterocycles. The van der Waals surface area contributed by atoms with E-state index >= 15 is 0 Å². The van der Waals surface area contributed by atoms with Crippen LogP contribution in [0.4, 0.5) is 0 Å². The zero-order valence-corrected chi connectivity index (χ0v) is 19.1. The maximum absolute atomic E-state index is 5.58. The van der Waals surface area contributed by atoms with Gasteiger partial charge in [0.15, 0.2) is 5.96 Å². The van der Waals surface area contributed by atoms with Gasteiger partial charge < -0.3 is 24.8 Å². The Morgan fingerprint density at radius 3 is 2.39 bits per heavy atom. The first-order chi connectivity index (χ1) is 13.3. The molecule has 2 aromatic rings. The summed E-state index contributed by atoms with van der Waals surface area (Å²) in [7, 11) is 3.34. The van der Waals surface area contributed by atoms with Crippen LogP contribution >= 0.6 is 24.0 Å². The fraction of sp³-hybridized carbons (Fsp3) is 0.381. The molecule has 0 unspecified atom stereocenters. The lowest BCUT2D eigenvalue weighted by atomic mass is 10.2. The Hall–Kier alpha value is -2.00. The molecule has 0 bridgehead atoms. The lowest BCUT2D eigenvalue weighted by Crippen LogP contribution is -2.36. The number of aliphatic imine (C=N–C) groups is 1. The maximum Gasteiger partial charge on any atom is 0.191 e. The van der Waals surface area contributed by atoms with E-state index in [0.29, 0.717) is 26.3 Å². The van der Waals surface area contributed by atoms with E-state index in [1.807, 2.05) is 55.5 Å². The fourth-order valence-corrected chi connectivity index (χ4v) is 2.47. The van der Waals surface area contributed by atoms with Crippen molar-refractivity contribution in [3.63, 3.8) is 0 Å². The largest absolute Gasteiger partial charge is 0.496 e. The van der Waals surface area contributed by atoms with Gasteiger partial charge in [-0.1, -0.05) is 30.3 Å². The van der Waals surface area contributed by atoms with Gasteiger partial charge in [0, 0.05) is 25.8 Å². The molecule has 28 heavy (non-hydrogen) atoms. The Morgan fingerprint density at radius 2 is 1.71 bits per heavy atom. The molecule has 0 heterocycles. The highest BCUT2D eigenvalue weighted by atomic mass is 127. The Morgan fingerprint density at radius 1 is 0.964 bits per heavy atom. The topological polar surface area (TPSA) is 64.1 Å². The molecule has 0 amide bonds. The highest BCUT2D eigenvalue weighted by molar-refractivity contribution is 14.0. The van der Waals surface area contributed by atoms with Gasteiger partial charge in [0.05, 0.1) is 20.3 Å². The first kappa shape index (κ1) is 24.0. The Kier molecular flexibility index (Phi) is 12.1. The molecule has 154 valence electrons. The zero-order valence-electron chi connectivity index (χ0n) is 16.7. The Labute approximate surface area is 184 Å². The first-order valence-electron chi connectivity index (χ1n) is 9.11. The van der Waals surface area contributed by atoms with Crippen molar-refractivity contribution >= 4 is 29.9 Å². The second kappa shape index (κ2) is 14.1. The van der Waals surface area contributed by atoms with Crippen LogP contribution in [0.25, 0.3) is 0 Å². The van der Waals surface area contributed by atoms with Crippen molar-refractivity contribution in [2.24, 2.45) is 4.99 Å². The molecule has 2 rings (SSSR count). The average molecular weight is 499 g/mol. The second-order valence-corrected chi connectivity index (χ2v) is 5.85. The molecule has 0 atom stereocenters. The van der Waals surface area contributed by atoms with E-state index in [-0.39, 0.29) is 24.0 Å². The predicted molar refractivity (Wildman–Crippen MR) is 124 cm³/mol. The monoisotopic (exact) mass is 499 g/mol. The smallest absolute Gasteiger partial charge is 0.191 e. The van der Waals surface area contributed by atoms with E-state index in [9.17, 15) is 0 Å². The van der Waals surface area contributed by atoms with Crippen LogP contribution in [0.15, 0.2) is 53.5 Å². The SMILES string of the molecule is CCNC(=NCc1ccc(OCCOC)cc1)NCc1ccccc1OC.I. The van der Waals surface area contributed by atoms with Gasteiger partial charge in [0.2, 0.25) is 0 Å². The van der Waals surface area contributed by atoms with E-state index in [2.05, 4.69) is 15.6 Å². The van der Waals surface area contributed by atoms with Crippen molar-refractivity contribution in [3.05, 3.63) is 59.7 Å². The van der Waals surface area contributed by atoms with Crippen molar-refractivity contribution < 1.29 is 14.2 Å². The van der Waals surface area contributed by atoms with E-state index in [0.717, 1.165) is 35.1 Å². The minimum atomic E-state index is 0. The number of methoxy groups -OCH3 is 2. The molecular formula is C21H30IN3O3. The number of rotatable bonds is 10. The molecule has 6 nitrogen and oxygen atoms in total. The Balaban J connectivity index is 0.00000392. The summed E-state index contributed by atoms with van der Waals surface area (Å²) in [5.74, 6) is 2.47. The number of nitrogens with zero attached hydrogens (tertiary/aromatic N) is 1. The van der Waals surface area contributed by atoms with Gasteiger partial charge in [-0.15, -0.1) is 24.0 Å². The molecule has 0 aliphatic rings. The average Bonchev–Trinajstić information content (AvgIpc) is 2.71. The van der Waals surface area contributed by atoms with Gasteiger partial charge in [0.25, 0.3) is 0 Å². The van der Waals surface area contributed by atoms with Crippen molar-refractivity contribution in [1.82, 2.24) is 10.6 Å². The first-order valence-corrected chi connectivity index (χ1v) is 9.11. The lowest BCUT2D eigenvalue weighted by Gasteiger charge is -2.13. The van der Waals surface area contributed by atoms with E-state index < -0.39 is 0 Å². The van der Waals surface area contributed by atoms with Gasteiger partial charge in [-0.2, -0.15) is 0 Å². The maximum atomic E-state index is 5.58. The molecule has 0 fully saturated rings. The number of para-hydroxylation sites is 1. The summed E-state index contributed by atoms with van der Waals surface area (Å²) in [5.41, 5.74) is 2.20. The van der Waals surface area contributed by atoms with Crippen molar-refractivity contribution in [3.8, 4) is 11.5 Å². The minimum absolute atomic E-state index is 0. The molecule has 0 saturated heterocycles. The molecule has 0 radical (unpaired) electrons. The zero-order chi connectivity index (χ0) is 19.3. The molecule has 7 heteroatoms. The van der Waals surface area contributed by atoms with E-state index in [1.165, 1.54) is 0 Å². The van der Waals surface area contributed by atoms with Crippen LogP contribution in [0.1, 0.15) is 18.1 Å². The summed E-state index contributed by atoms with van der Waals surface area (Å²) in [6, 6.07) is 15.9. The van der Waals surface area contributed by atoms with Crippen LogP contribution in [0, 0.1) is 0 Å². The standard InChI is InChI=1S/C21H29N3O3.HI/c1-4-22-21(24-16-18-7-5-6-8-20(18)26-3)23-15-17-9-11-19(12-10-17)27-14-13-25-2;/h5-12H,4,13-16H2,1-3H3,(H2,22,23,24);1H. The summed E-state index contributed by atoms with van der Waals surface area (Å²) in [6.45, 7) is 5.19. The van der Waals surface area contributed by atoms with Gasteiger partial charge in [-0.05, 0) is 30.7 Å². The summed E-state index contributed by atoms with van der Waals surface area (Å²) in [4.78, 5) is 4.65. The number of ether oxygens (including phenoxy) is 3. The molecule has 0 spiro atoms. The molecular weight excluding hydrogens is 469 g/mol. The number of guanidine groups is 1. The van der Waals surface area contributed by atoms with E-state index in [4.69, 9.17) is 14.2 Å². The second-order valence-electron chi connectivity index (χ2n) is 5.85. The van der Waals surface area contributed by atoms with Crippen molar-refractivity contribution in [2.75, 3.05) is 34.0 Å². The third-order valence-corrected chi connectivity index (χ3v) is 3.88. The fourth-order valence-electron chi connectivity index (χ4n) is 2.47. The van der Waals surface area contributed by atoms with Crippen LogP contribution in [0.2, 0.25) is 0 Å². The molecule has 0 aliphatic carbocycles. The van der Waals surface area contributed by atoms with Crippen molar-refractivity contribution in [2.45, 2.75) is 20.0 Å². The van der Waals surface area contributed by atoms with Crippen LogP contribution in [-0.2, 0) is 17.8 Å². The Bertz CT molecular complexity index is 708. The number of benzene rings is 2. The quantitative estimate of drug-likeness (QED) is 0.227. The van der Waals surface area contributed by atoms with Gasteiger partial charge in [-0.3, -0.25) is 0 Å². The van der Waals surface area contributed by atoms with Crippen LogP contribution < -0.4 is 20.1 Å².